The summed E-state index contributed by atoms with van der Waals surface area (Å²) in [6.07, 6.45) is 0. The van der Waals surface area contributed by atoms with Crippen molar-refractivity contribution in [2.24, 2.45) is 5.73 Å². The number of nitrogens with two attached hydrogens (primary N) is 1. The van der Waals surface area contributed by atoms with Crippen molar-refractivity contribution in [3.8, 4) is 0 Å². The molecule has 1 fully saturated rings. The molecule has 0 aromatic heterocycles. The lowest BCUT2D eigenvalue weighted by molar-refractivity contribution is 0.196. The van der Waals surface area contributed by atoms with Crippen LogP contribution in [0, 0.1) is 0 Å². The van der Waals surface area contributed by atoms with Gasteiger partial charge in [-0.3, -0.25) is 0 Å². The summed E-state index contributed by atoms with van der Waals surface area (Å²) in [5.41, 5.74) is 6.17. The minimum Gasteiger partial charge on any atom is -0.329 e. The van der Waals surface area contributed by atoms with E-state index in [1.165, 1.54) is 13.1 Å². The quantitative estimate of drug-likeness (QED) is 0.513. The number of rotatable bonds is 2. The van der Waals surface area contributed by atoms with Crippen molar-refractivity contribution >= 4 is 9.24 Å². The standard InChI is InChI=1S/C5H13N2P/c6-1-2-7-3-5(8)4-7/h5H,1-4,6,8H2. The smallest absolute Gasteiger partial charge is 0.0105 e. The first kappa shape index (κ1) is 6.47. The second-order valence-electron chi connectivity index (χ2n) is 2.31. The van der Waals surface area contributed by atoms with E-state index in [2.05, 4.69) is 14.1 Å². The fourth-order valence-electron chi connectivity index (χ4n) is 0.975. The Labute approximate surface area is 52.6 Å². The van der Waals surface area contributed by atoms with Crippen LogP contribution in [-0.2, 0) is 0 Å². The Morgan fingerprint density at radius 3 is 2.62 bits per heavy atom. The number of hydrogen-bond donors (Lipinski definition) is 1. The molecule has 1 unspecified atom stereocenters. The minimum atomic E-state index is 0.803. The molecule has 0 aromatic carbocycles. The summed E-state index contributed by atoms with van der Waals surface area (Å²) in [4.78, 5) is 2.36. The maximum atomic E-state index is 5.34. The van der Waals surface area contributed by atoms with E-state index in [-0.39, 0.29) is 0 Å². The van der Waals surface area contributed by atoms with Gasteiger partial charge in [-0.2, -0.15) is 0 Å². The molecule has 0 bridgehead atoms. The first-order chi connectivity index (χ1) is 3.83. The molecule has 8 heavy (non-hydrogen) atoms. The first-order valence-electron chi connectivity index (χ1n) is 3.01. The van der Waals surface area contributed by atoms with Gasteiger partial charge < -0.3 is 10.6 Å². The average molecular weight is 132 g/mol. The van der Waals surface area contributed by atoms with Crippen molar-refractivity contribution in [1.29, 1.82) is 0 Å². The van der Waals surface area contributed by atoms with Crippen molar-refractivity contribution in [3.05, 3.63) is 0 Å². The molecule has 0 saturated carbocycles. The molecule has 1 rings (SSSR count). The average Bonchev–Trinajstić information content (AvgIpc) is 1.64. The SMILES string of the molecule is NCCN1CC(P)C1. The molecule has 1 aliphatic rings. The van der Waals surface area contributed by atoms with Gasteiger partial charge in [-0.05, 0) is 5.66 Å². The highest BCUT2D eigenvalue weighted by atomic mass is 31.0. The molecule has 1 atom stereocenters. The van der Waals surface area contributed by atoms with Crippen LogP contribution in [0.2, 0.25) is 0 Å². The Bertz CT molecular complexity index is 68.1. The van der Waals surface area contributed by atoms with Crippen LogP contribution in [0.1, 0.15) is 0 Å². The monoisotopic (exact) mass is 132 g/mol. The van der Waals surface area contributed by atoms with Crippen LogP contribution in [0.5, 0.6) is 0 Å². The van der Waals surface area contributed by atoms with Gasteiger partial charge in [0, 0.05) is 26.2 Å². The maximum absolute atomic E-state index is 5.34. The zero-order chi connectivity index (χ0) is 5.98. The van der Waals surface area contributed by atoms with Gasteiger partial charge in [0.15, 0.2) is 0 Å². The summed E-state index contributed by atoms with van der Waals surface area (Å²) in [7, 11) is 2.81. The van der Waals surface area contributed by atoms with Crippen molar-refractivity contribution in [2.75, 3.05) is 26.2 Å². The second kappa shape index (κ2) is 2.77. The molecule has 0 radical (unpaired) electrons. The van der Waals surface area contributed by atoms with Crippen LogP contribution in [0.15, 0.2) is 0 Å². The molecule has 0 spiro atoms. The molecule has 0 aromatic rings. The zero-order valence-electron chi connectivity index (χ0n) is 5.01. The molecule has 1 aliphatic heterocycles. The normalized spacial score (nSPS) is 23.2. The molecule has 2 N–H and O–H groups in total. The summed E-state index contributed by atoms with van der Waals surface area (Å²) in [5, 5.41) is 0. The lowest BCUT2D eigenvalue weighted by Crippen LogP contribution is -2.49. The van der Waals surface area contributed by atoms with Crippen molar-refractivity contribution in [1.82, 2.24) is 4.90 Å². The molecule has 2 nitrogen and oxygen atoms in total. The highest BCUT2D eigenvalue weighted by Crippen LogP contribution is 2.14. The van der Waals surface area contributed by atoms with Gasteiger partial charge >= 0.3 is 0 Å². The zero-order valence-corrected chi connectivity index (χ0v) is 6.16. The van der Waals surface area contributed by atoms with Crippen LogP contribution in [0.25, 0.3) is 0 Å². The molecule has 3 heteroatoms. The fourth-order valence-corrected chi connectivity index (χ4v) is 1.57. The molecule has 48 valence electrons. The van der Waals surface area contributed by atoms with Gasteiger partial charge in [-0.25, -0.2) is 0 Å². The summed E-state index contributed by atoms with van der Waals surface area (Å²) in [6, 6.07) is 0. The van der Waals surface area contributed by atoms with Crippen molar-refractivity contribution in [2.45, 2.75) is 5.66 Å². The third kappa shape index (κ3) is 1.41. The van der Waals surface area contributed by atoms with Crippen molar-refractivity contribution < 1.29 is 0 Å². The third-order valence-corrected chi connectivity index (χ3v) is 1.85. The molecule has 1 heterocycles. The number of hydrogen-bond acceptors (Lipinski definition) is 2. The minimum absolute atomic E-state index is 0.803. The van der Waals surface area contributed by atoms with E-state index in [0.29, 0.717) is 0 Å². The highest BCUT2D eigenvalue weighted by molar-refractivity contribution is 7.17. The molecule has 1 saturated heterocycles. The van der Waals surface area contributed by atoms with Gasteiger partial charge in [0.2, 0.25) is 0 Å². The summed E-state index contributed by atoms with van der Waals surface area (Å²) in [5.74, 6) is 0. The molecule has 0 aliphatic carbocycles. The van der Waals surface area contributed by atoms with E-state index < -0.39 is 0 Å². The van der Waals surface area contributed by atoms with E-state index in [4.69, 9.17) is 5.73 Å². The topological polar surface area (TPSA) is 29.3 Å². The Kier molecular flexibility index (Phi) is 2.24. The van der Waals surface area contributed by atoms with Crippen LogP contribution < -0.4 is 5.73 Å². The predicted molar refractivity (Wildman–Crippen MR) is 39.0 cm³/mol. The number of likely N-dealkylation sites (tertiary alicyclic amines) is 1. The van der Waals surface area contributed by atoms with Gasteiger partial charge in [-0.1, -0.05) is 0 Å². The number of nitrogens with zero attached hydrogens (tertiary/aromatic N) is 1. The second-order valence-corrected chi connectivity index (χ2v) is 3.25. The highest BCUT2D eigenvalue weighted by Gasteiger charge is 2.20. The third-order valence-electron chi connectivity index (χ3n) is 1.43. The lowest BCUT2D eigenvalue weighted by Gasteiger charge is -2.36. The van der Waals surface area contributed by atoms with E-state index in [9.17, 15) is 0 Å². The molecule has 0 amide bonds. The molecular formula is C5H13N2P. The summed E-state index contributed by atoms with van der Waals surface area (Å²) < 4.78 is 0. The first-order valence-corrected chi connectivity index (χ1v) is 3.67. The van der Waals surface area contributed by atoms with Crippen molar-refractivity contribution in [3.63, 3.8) is 0 Å². The molecular weight excluding hydrogens is 119 g/mol. The largest absolute Gasteiger partial charge is 0.329 e. The van der Waals surface area contributed by atoms with Gasteiger partial charge in [0.05, 0.1) is 0 Å². The van der Waals surface area contributed by atoms with E-state index in [1.807, 2.05) is 0 Å². The van der Waals surface area contributed by atoms with E-state index in [0.717, 1.165) is 18.7 Å². The summed E-state index contributed by atoms with van der Waals surface area (Å²) in [6.45, 7) is 4.33. The Morgan fingerprint density at radius 1 is 1.62 bits per heavy atom. The lowest BCUT2D eigenvalue weighted by atomic mass is 10.2. The summed E-state index contributed by atoms with van der Waals surface area (Å²) >= 11 is 0. The fraction of sp³-hybridized carbons (Fsp3) is 1.00. The van der Waals surface area contributed by atoms with Crippen LogP contribution >= 0.6 is 9.24 Å². The van der Waals surface area contributed by atoms with E-state index >= 15 is 0 Å². The van der Waals surface area contributed by atoms with Crippen LogP contribution in [0.4, 0.5) is 0 Å². The van der Waals surface area contributed by atoms with Crippen LogP contribution in [0.3, 0.4) is 0 Å². The van der Waals surface area contributed by atoms with E-state index in [1.54, 1.807) is 0 Å². The maximum Gasteiger partial charge on any atom is 0.0105 e. The Morgan fingerprint density at radius 2 is 2.25 bits per heavy atom. The van der Waals surface area contributed by atoms with Gasteiger partial charge in [-0.15, -0.1) is 9.24 Å². The van der Waals surface area contributed by atoms with Crippen LogP contribution in [-0.4, -0.2) is 36.7 Å². The Balaban J connectivity index is 1.98. The van der Waals surface area contributed by atoms with Gasteiger partial charge in [0.25, 0.3) is 0 Å². The predicted octanol–water partition coefficient (Wildman–Crippen LogP) is -0.496. The Hall–Kier alpha value is 0.350. The van der Waals surface area contributed by atoms with Gasteiger partial charge in [0.1, 0.15) is 0 Å².